The zero-order valence-electron chi connectivity index (χ0n) is 8.30. The summed E-state index contributed by atoms with van der Waals surface area (Å²) in [4.78, 5) is 21.4. The van der Waals surface area contributed by atoms with E-state index in [4.69, 9.17) is 10.2 Å². The van der Waals surface area contributed by atoms with Gasteiger partial charge in [-0.3, -0.25) is 9.59 Å². The lowest BCUT2D eigenvalue weighted by Crippen LogP contribution is -2.30. The maximum Gasteiger partial charge on any atom is 0.322 e. The Labute approximate surface area is 91.1 Å². The van der Waals surface area contributed by atoms with Crippen LogP contribution in [0.1, 0.15) is 5.56 Å². The standard InChI is InChI=1S/C10H11NO5/c12-7-3-1-2-6(10(7)16)4-8(13)11-5-9(14)15/h1-3,12,16H,4-5H2,(H,11,13)(H,14,15). The van der Waals surface area contributed by atoms with Crippen molar-refractivity contribution in [3.8, 4) is 11.5 Å². The Morgan fingerprint density at radius 2 is 1.94 bits per heavy atom. The summed E-state index contributed by atoms with van der Waals surface area (Å²) in [6, 6.07) is 4.23. The van der Waals surface area contributed by atoms with Gasteiger partial charge in [0.15, 0.2) is 11.5 Å². The number of hydrogen-bond acceptors (Lipinski definition) is 4. The molecule has 1 aromatic rings. The Morgan fingerprint density at radius 1 is 1.25 bits per heavy atom. The molecule has 4 N–H and O–H groups in total. The van der Waals surface area contributed by atoms with Crippen LogP contribution in [0.5, 0.6) is 11.5 Å². The minimum atomic E-state index is -1.14. The average molecular weight is 225 g/mol. The predicted molar refractivity (Wildman–Crippen MR) is 54.1 cm³/mol. The van der Waals surface area contributed by atoms with Crippen LogP contribution < -0.4 is 5.32 Å². The van der Waals surface area contributed by atoms with Gasteiger partial charge in [-0.05, 0) is 6.07 Å². The first-order valence-corrected chi connectivity index (χ1v) is 4.49. The van der Waals surface area contributed by atoms with Gasteiger partial charge in [-0.25, -0.2) is 0 Å². The molecule has 0 aliphatic heterocycles. The number of rotatable bonds is 4. The summed E-state index contributed by atoms with van der Waals surface area (Å²) < 4.78 is 0. The maximum atomic E-state index is 11.2. The lowest BCUT2D eigenvalue weighted by Gasteiger charge is -2.05. The summed E-state index contributed by atoms with van der Waals surface area (Å²) in [5.41, 5.74) is 0.239. The molecule has 6 nitrogen and oxygen atoms in total. The molecule has 0 radical (unpaired) electrons. The fourth-order valence-corrected chi connectivity index (χ4v) is 1.13. The molecule has 0 atom stereocenters. The number of benzene rings is 1. The van der Waals surface area contributed by atoms with Crippen LogP contribution in [0.4, 0.5) is 0 Å². The molecule has 0 aliphatic carbocycles. The van der Waals surface area contributed by atoms with Gasteiger partial charge in [0.05, 0.1) is 6.42 Å². The fraction of sp³-hybridized carbons (Fsp3) is 0.200. The van der Waals surface area contributed by atoms with Gasteiger partial charge in [0.1, 0.15) is 6.54 Å². The van der Waals surface area contributed by atoms with Gasteiger partial charge >= 0.3 is 5.97 Å². The number of aromatic hydroxyl groups is 2. The van der Waals surface area contributed by atoms with Gasteiger partial charge in [-0.15, -0.1) is 0 Å². The first kappa shape index (κ1) is 11.8. The highest BCUT2D eigenvalue weighted by Crippen LogP contribution is 2.28. The average Bonchev–Trinajstić information content (AvgIpc) is 2.22. The highest BCUT2D eigenvalue weighted by molar-refractivity contribution is 5.83. The number of carbonyl (C=O) groups is 2. The zero-order valence-corrected chi connectivity index (χ0v) is 8.30. The number of phenolic OH excluding ortho intramolecular Hbond substituents is 2. The lowest BCUT2D eigenvalue weighted by atomic mass is 10.1. The Bertz CT molecular complexity index is 416. The molecule has 16 heavy (non-hydrogen) atoms. The van der Waals surface area contributed by atoms with Crippen LogP contribution in [0, 0.1) is 0 Å². The first-order valence-electron chi connectivity index (χ1n) is 4.49. The summed E-state index contributed by atoms with van der Waals surface area (Å²) >= 11 is 0. The van der Waals surface area contributed by atoms with Gasteiger partial charge < -0.3 is 20.6 Å². The van der Waals surface area contributed by atoms with Crippen LogP contribution >= 0.6 is 0 Å². The summed E-state index contributed by atoms with van der Waals surface area (Å²) in [6.07, 6.45) is -0.187. The van der Waals surface area contributed by atoms with Crippen LogP contribution in [0.3, 0.4) is 0 Å². The van der Waals surface area contributed by atoms with Gasteiger partial charge in [-0.2, -0.15) is 0 Å². The zero-order chi connectivity index (χ0) is 12.1. The molecule has 0 aliphatic rings. The monoisotopic (exact) mass is 225 g/mol. The van der Waals surface area contributed by atoms with Crippen molar-refractivity contribution in [1.82, 2.24) is 5.32 Å². The molecule has 0 saturated carbocycles. The van der Waals surface area contributed by atoms with Crippen molar-refractivity contribution >= 4 is 11.9 Å². The summed E-state index contributed by atoms with van der Waals surface area (Å²) in [5, 5.41) is 29.0. The Balaban J connectivity index is 2.63. The van der Waals surface area contributed by atoms with Crippen LogP contribution in [0.15, 0.2) is 18.2 Å². The Hall–Kier alpha value is -2.24. The molecule has 1 rings (SSSR count). The molecule has 0 fully saturated rings. The van der Waals surface area contributed by atoms with E-state index in [-0.39, 0.29) is 23.5 Å². The normalized spacial score (nSPS) is 9.75. The molecule has 1 amide bonds. The molecule has 0 bridgehead atoms. The molecule has 0 spiro atoms. The summed E-state index contributed by atoms with van der Waals surface area (Å²) in [7, 11) is 0. The van der Waals surface area contributed by atoms with Crippen molar-refractivity contribution in [3.63, 3.8) is 0 Å². The van der Waals surface area contributed by atoms with Gasteiger partial charge in [0, 0.05) is 5.56 Å². The number of aliphatic carboxylic acids is 1. The number of phenols is 2. The van der Waals surface area contributed by atoms with Crippen LogP contribution in [0.2, 0.25) is 0 Å². The van der Waals surface area contributed by atoms with E-state index in [2.05, 4.69) is 5.32 Å². The number of carbonyl (C=O) groups excluding carboxylic acids is 1. The first-order chi connectivity index (χ1) is 7.50. The third-order valence-electron chi connectivity index (χ3n) is 1.89. The number of amides is 1. The second kappa shape index (κ2) is 5.01. The van der Waals surface area contributed by atoms with Crippen molar-refractivity contribution in [2.45, 2.75) is 6.42 Å². The SMILES string of the molecule is O=C(O)CNC(=O)Cc1cccc(O)c1O. The van der Waals surface area contributed by atoms with Crippen molar-refractivity contribution in [2.75, 3.05) is 6.54 Å². The van der Waals surface area contributed by atoms with Crippen molar-refractivity contribution in [3.05, 3.63) is 23.8 Å². The van der Waals surface area contributed by atoms with Crippen molar-refractivity contribution in [2.24, 2.45) is 0 Å². The second-order valence-corrected chi connectivity index (χ2v) is 3.13. The third-order valence-corrected chi connectivity index (χ3v) is 1.89. The van der Waals surface area contributed by atoms with E-state index >= 15 is 0 Å². The molecular weight excluding hydrogens is 214 g/mol. The van der Waals surface area contributed by atoms with Crippen LogP contribution in [-0.2, 0) is 16.0 Å². The van der Waals surface area contributed by atoms with E-state index in [9.17, 15) is 14.7 Å². The number of carboxylic acids is 1. The smallest absolute Gasteiger partial charge is 0.322 e. The van der Waals surface area contributed by atoms with E-state index < -0.39 is 18.4 Å². The minimum absolute atomic E-state index is 0.187. The number of para-hydroxylation sites is 1. The van der Waals surface area contributed by atoms with Crippen molar-refractivity contribution in [1.29, 1.82) is 0 Å². The molecule has 0 unspecified atom stereocenters. The Morgan fingerprint density at radius 3 is 2.56 bits per heavy atom. The van der Waals surface area contributed by atoms with E-state index in [0.717, 1.165) is 0 Å². The fourth-order valence-electron chi connectivity index (χ4n) is 1.13. The quantitative estimate of drug-likeness (QED) is 0.533. The number of carboxylic acid groups (broad SMARTS) is 1. The van der Waals surface area contributed by atoms with E-state index in [1.54, 1.807) is 0 Å². The van der Waals surface area contributed by atoms with E-state index in [0.29, 0.717) is 0 Å². The highest BCUT2D eigenvalue weighted by Gasteiger charge is 2.10. The second-order valence-electron chi connectivity index (χ2n) is 3.13. The summed E-state index contributed by atoms with van der Waals surface area (Å²) in [5.74, 6) is -2.37. The van der Waals surface area contributed by atoms with Crippen molar-refractivity contribution < 1.29 is 24.9 Å². The van der Waals surface area contributed by atoms with Gasteiger partial charge in [0.25, 0.3) is 0 Å². The lowest BCUT2D eigenvalue weighted by molar-refractivity contribution is -0.137. The molecule has 0 aromatic heterocycles. The molecule has 86 valence electrons. The third kappa shape index (κ3) is 3.16. The predicted octanol–water partition coefficient (Wildman–Crippen LogP) is -0.159. The number of hydrogen-bond donors (Lipinski definition) is 4. The van der Waals surface area contributed by atoms with Gasteiger partial charge in [-0.1, -0.05) is 12.1 Å². The van der Waals surface area contributed by atoms with E-state index in [1.165, 1.54) is 18.2 Å². The van der Waals surface area contributed by atoms with Crippen LogP contribution in [-0.4, -0.2) is 33.7 Å². The minimum Gasteiger partial charge on any atom is -0.504 e. The highest BCUT2D eigenvalue weighted by atomic mass is 16.4. The molecule has 0 heterocycles. The van der Waals surface area contributed by atoms with Crippen LogP contribution in [0.25, 0.3) is 0 Å². The molecular formula is C10H11NO5. The van der Waals surface area contributed by atoms with E-state index in [1.807, 2.05) is 0 Å². The largest absolute Gasteiger partial charge is 0.504 e. The summed E-state index contributed by atoms with van der Waals surface area (Å²) in [6.45, 7) is -0.474. The molecule has 0 saturated heterocycles. The molecule has 1 aromatic carbocycles. The number of nitrogens with one attached hydrogen (secondary N) is 1. The van der Waals surface area contributed by atoms with Gasteiger partial charge in [0.2, 0.25) is 5.91 Å². The maximum absolute atomic E-state index is 11.2. The molecule has 6 heteroatoms. The topological polar surface area (TPSA) is 107 Å². The Kier molecular flexibility index (Phi) is 3.71.